The van der Waals surface area contributed by atoms with E-state index in [4.69, 9.17) is 21.1 Å². The number of methoxy groups -OCH3 is 1. The van der Waals surface area contributed by atoms with Crippen LogP contribution in [0.25, 0.3) is 17.5 Å². The Morgan fingerprint density at radius 2 is 2.03 bits per heavy atom. The number of nitrogens with zero attached hydrogens (tertiary/aromatic N) is 5. The maximum atomic E-state index is 12.8. The summed E-state index contributed by atoms with van der Waals surface area (Å²) in [6, 6.07) is 11.6. The minimum atomic E-state index is -0.595. The fourth-order valence-electron chi connectivity index (χ4n) is 3.17. The van der Waals surface area contributed by atoms with Crippen LogP contribution >= 0.6 is 23.4 Å². The Labute approximate surface area is 203 Å². The van der Waals surface area contributed by atoms with Crippen molar-refractivity contribution in [2.45, 2.75) is 12.1 Å². The van der Waals surface area contributed by atoms with Gasteiger partial charge in [0.2, 0.25) is 5.16 Å². The van der Waals surface area contributed by atoms with Crippen LogP contribution in [0.1, 0.15) is 12.5 Å². The van der Waals surface area contributed by atoms with Gasteiger partial charge >= 0.3 is 5.97 Å². The average molecular weight is 500 g/mol. The molecule has 0 spiro atoms. The summed E-state index contributed by atoms with van der Waals surface area (Å²) in [7, 11) is 1.58. The molecule has 174 valence electrons. The van der Waals surface area contributed by atoms with Gasteiger partial charge in [0.15, 0.2) is 5.82 Å². The summed E-state index contributed by atoms with van der Waals surface area (Å²) in [6.07, 6.45) is 1.50. The summed E-state index contributed by atoms with van der Waals surface area (Å²) in [6.45, 7) is 1.85. The number of benzene rings is 2. The van der Waals surface area contributed by atoms with Crippen LogP contribution in [-0.2, 0) is 9.53 Å². The largest absolute Gasteiger partial charge is 0.497 e. The zero-order valence-corrected chi connectivity index (χ0v) is 19.7. The molecule has 0 aliphatic carbocycles. The van der Waals surface area contributed by atoms with E-state index >= 15 is 0 Å². The van der Waals surface area contributed by atoms with Crippen molar-refractivity contribution >= 4 is 46.8 Å². The second kappa shape index (κ2) is 10.1. The smallest absolute Gasteiger partial charge is 0.340 e. The van der Waals surface area contributed by atoms with Crippen molar-refractivity contribution in [1.29, 1.82) is 0 Å². The number of thioether (sulfide) groups is 1. The van der Waals surface area contributed by atoms with Crippen LogP contribution in [0.3, 0.4) is 0 Å². The van der Waals surface area contributed by atoms with E-state index in [0.29, 0.717) is 33.8 Å². The number of hydrogen-bond donors (Lipinski definition) is 0. The Morgan fingerprint density at radius 3 is 2.71 bits per heavy atom. The lowest BCUT2D eigenvalue weighted by atomic mass is 10.1. The van der Waals surface area contributed by atoms with Crippen molar-refractivity contribution in [3.63, 3.8) is 0 Å². The number of halogens is 1. The molecule has 12 heteroatoms. The van der Waals surface area contributed by atoms with Crippen LogP contribution < -0.4 is 4.74 Å². The van der Waals surface area contributed by atoms with E-state index in [1.165, 1.54) is 30.0 Å². The number of fused-ring (bicyclic) bond motifs is 1. The molecule has 4 rings (SSSR count). The predicted octanol–water partition coefficient (Wildman–Crippen LogP) is 4.47. The first kappa shape index (κ1) is 23.5. The Bertz CT molecular complexity index is 1320. The van der Waals surface area contributed by atoms with Gasteiger partial charge in [0.25, 0.3) is 5.69 Å². The minimum Gasteiger partial charge on any atom is -0.497 e. The lowest BCUT2D eigenvalue weighted by molar-refractivity contribution is -0.384. The lowest BCUT2D eigenvalue weighted by Crippen LogP contribution is -2.21. The van der Waals surface area contributed by atoms with Crippen molar-refractivity contribution in [3.05, 3.63) is 68.7 Å². The van der Waals surface area contributed by atoms with Crippen LogP contribution in [0.5, 0.6) is 5.75 Å². The van der Waals surface area contributed by atoms with Crippen molar-refractivity contribution in [2.75, 3.05) is 19.5 Å². The van der Waals surface area contributed by atoms with Gasteiger partial charge in [0, 0.05) is 17.4 Å². The van der Waals surface area contributed by atoms with Crippen molar-refractivity contribution in [2.24, 2.45) is 5.10 Å². The number of nitro groups is 1. The summed E-state index contributed by atoms with van der Waals surface area (Å²) in [5.41, 5.74) is 1.51. The molecule has 3 aromatic rings. The van der Waals surface area contributed by atoms with Gasteiger partial charge in [0.1, 0.15) is 10.8 Å². The molecular formula is C22H18ClN5O5S. The molecule has 0 bridgehead atoms. The zero-order chi connectivity index (χ0) is 24.2. The van der Waals surface area contributed by atoms with Gasteiger partial charge in [-0.25, -0.2) is 4.79 Å². The second-order valence-corrected chi connectivity index (χ2v) is 8.28. The quantitative estimate of drug-likeness (QED) is 0.202. The molecule has 0 N–H and O–H groups in total. The second-order valence-electron chi connectivity index (χ2n) is 6.93. The molecule has 0 atom stereocenters. The maximum absolute atomic E-state index is 12.8. The molecule has 0 saturated heterocycles. The number of carbonyl (C=O) groups excluding carboxylic acids is 1. The maximum Gasteiger partial charge on any atom is 0.340 e. The Morgan fingerprint density at radius 1 is 1.26 bits per heavy atom. The number of carbonyl (C=O) groups is 1. The zero-order valence-electron chi connectivity index (χ0n) is 18.1. The highest BCUT2D eigenvalue weighted by atomic mass is 35.5. The van der Waals surface area contributed by atoms with Crippen LogP contribution in [0.2, 0.25) is 5.02 Å². The fraction of sp³-hybridized carbons (Fsp3) is 0.182. The van der Waals surface area contributed by atoms with E-state index in [1.54, 1.807) is 36.9 Å². The first-order valence-corrected chi connectivity index (χ1v) is 11.4. The third-order valence-corrected chi connectivity index (χ3v) is 6.05. The average Bonchev–Trinajstić information content (AvgIpc) is 3.26. The first-order chi connectivity index (χ1) is 16.4. The molecule has 0 fully saturated rings. The van der Waals surface area contributed by atoms with Gasteiger partial charge in [0.05, 0.1) is 29.9 Å². The van der Waals surface area contributed by atoms with Gasteiger partial charge in [-0.05, 0) is 48.9 Å². The Kier molecular flexibility index (Phi) is 6.94. The SMILES string of the molecule is CCOC(=O)/C(=C\c1ccc(Cl)c([N+](=O)[O-])c1)C1=Nn2c(nnc2-c2ccc(OC)cc2)SC1. The third kappa shape index (κ3) is 4.80. The first-order valence-electron chi connectivity index (χ1n) is 10.0. The van der Waals surface area contributed by atoms with Crippen molar-refractivity contribution < 1.29 is 19.2 Å². The summed E-state index contributed by atoms with van der Waals surface area (Å²) in [5.74, 6) is 0.932. The van der Waals surface area contributed by atoms with Gasteiger partial charge in [-0.2, -0.15) is 9.78 Å². The minimum absolute atomic E-state index is 0.00339. The van der Waals surface area contributed by atoms with Crippen LogP contribution in [0, 0.1) is 10.1 Å². The highest BCUT2D eigenvalue weighted by Crippen LogP contribution is 2.31. The van der Waals surface area contributed by atoms with E-state index in [2.05, 4.69) is 15.3 Å². The molecule has 34 heavy (non-hydrogen) atoms. The van der Waals surface area contributed by atoms with E-state index in [9.17, 15) is 14.9 Å². The molecule has 1 aliphatic rings. The normalized spacial score (nSPS) is 13.1. The predicted molar refractivity (Wildman–Crippen MR) is 128 cm³/mol. The molecule has 2 heterocycles. The third-order valence-electron chi connectivity index (χ3n) is 4.80. The fourth-order valence-corrected chi connectivity index (χ4v) is 4.19. The molecule has 0 amide bonds. The Balaban J connectivity index is 1.78. The van der Waals surface area contributed by atoms with Gasteiger partial charge in [-0.3, -0.25) is 10.1 Å². The number of rotatable bonds is 7. The molecule has 2 aromatic carbocycles. The molecule has 10 nitrogen and oxygen atoms in total. The lowest BCUT2D eigenvalue weighted by Gasteiger charge is -2.16. The molecule has 1 aliphatic heterocycles. The topological polar surface area (TPSA) is 122 Å². The van der Waals surface area contributed by atoms with Crippen LogP contribution in [-0.4, -0.2) is 50.9 Å². The molecular weight excluding hydrogens is 482 g/mol. The van der Waals surface area contributed by atoms with Gasteiger partial charge in [-0.1, -0.05) is 29.4 Å². The molecule has 1 aromatic heterocycles. The molecule has 0 saturated carbocycles. The summed E-state index contributed by atoms with van der Waals surface area (Å²) in [5, 5.41) is 24.9. The number of ether oxygens (including phenoxy) is 2. The van der Waals surface area contributed by atoms with Gasteiger partial charge < -0.3 is 9.47 Å². The summed E-state index contributed by atoms with van der Waals surface area (Å²) < 4.78 is 12.0. The van der Waals surface area contributed by atoms with Crippen LogP contribution in [0.15, 0.2) is 58.3 Å². The number of esters is 1. The van der Waals surface area contributed by atoms with Crippen LogP contribution in [0.4, 0.5) is 5.69 Å². The van der Waals surface area contributed by atoms with E-state index in [0.717, 1.165) is 5.56 Å². The molecule has 0 radical (unpaired) electrons. The number of hydrogen-bond acceptors (Lipinski definition) is 9. The monoisotopic (exact) mass is 499 g/mol. The summed E-state index contributed by atoms with van der Waals surface area (Å²) in [4.78, 5) is 23.5. The number of aromatic nitrogens is 3. The highest BCUT2D eigenvalue weighted by molar-refractivity contribution is 7.99. The van der Waals surface area contributed by atoms with Crippen molar-refractivity contribution in [1.82, 2.24) is 14.9 Å². The standard InChI is InChI=1S/C22H18ClN5O5S/c1-3-33-21(29)16(10-13-4-9-17(23)19(11-13)28(30)31)18-12-34-22-25-24-20(27(22)26-18)14-5-7-15(32-2)8-6-14/h4-11H,3,12H2,1-2H3/b16-10-. The summed E-state index contributed by atoms with van der Waals surface area (Å²) >= 11 is 7.28. The number of nitro benzene ring substituents is 1. The highest BCUT2D eigenvalue weighted by Gasteiger charge is 2.26. The van der Waals surface area contributed by atoms with E-state index < -0.39 is 10.9 Å². The Hall–Kier alpha value is -3.70. The van der Waals surface area contributed by atoms with Crippen molar-refractivity contribution in [3.8, 4) is 17.1 Å². The molecule has 0 unspecified atom stereocenters. The van der Waals surface area contributed by atoms with E-state index in [-0.39, 0.29) is 22.9 Å². The van der Waals surface area contributed by atoms with Gasteiger partial charge in [-0.15, -0.1) is 10.2 Å². The van der Waals surface area contributed by atoms with E-state index in [1.807, 2.05) is 12.1 Å².